The van der Waals surface area contributed by atoms with Gasteiger partial charge in [-0.05, 0) is 57.8 Å². The highest BCUT2D eigenvalue weighted by Gasteiger charge is 2.41. The summed E-state index contributed by atoms with van der Waals surface area (Å²) in [5.74, 6) is 0.455. The molecule has 242 valence electrons. The molecule has 0 aromatic carbocycles. The molecule has 0 amide bonds. The molecule has 0 bridgehead atoms. The van der Waals surface area contributed by atoms with Crippen LogP contribution in [0.15, 0.2) is 24.3 Å². The van der Waals surface area contributed by atoms with E-state index in [1.165, 1.54) is 51.4 Å². The third-order valence-corrected chi connectivity index (χ3v) is 9.11. The third-order valence-electron chi connectivity index (χ3n) is 9.11. The lowest BCUT2D eigenvalue weighted by Crippen LogP contribution is -2.46. The van der Waals surface area contributed by atoms with Gasteiger partial charge in [0.05, 0.1) is 43.7 Å². The van der Waals surface area contributed by atoms with Crippen molar-refractivity contribution in [3.05, 3.63) is 24.3 Å². The molecule has 2 aliphatic rings. The van der Waals surface area contributed by atoms with Crippen molar-refractivity contribution in [1.82, 2.24) is 0 Å². The number of nitrogens with zero attached hydrogens (tertiary/aromatic N) is 1. The van der Waals surface area contributed by atoms with Gasteiger partial charge in [-0.1, -0.05) is 77.4 Å². The summed E-state index contributed by atoms with van der Waals surface area (Å²) in [5, 5.41) is 10.4. The maximum absolute atomic E-state index is 10.4. The molecule has 2 saturated carbocycles. The largest absolute Gasteiger partial charge is 0.384 e. The first kappa shape index (κ1) is 37.0. The van der Waals surface area contributed by atoms with Crippen molar-refractivity contribution in [3.63, 3.8) is 0 Å². The maximum Gasteiger partial charge on any atom is 0.0946 e. The predicted octanol–water partition coefficient (Wildman–Crippen LogP) is 8.60. The lowest BCUT2D eigenvalue weighted by atomic mass is 9.74. The van der Waals surface area contributed by atoms with Gasteiger partial charge in [0, 0.05) is 44.3 Å². The fourth-order valence-electron chi connectivity index (χ4n) is 6.81. The number of allylic oxidation sites excluding steroid dienone is 1. The van der Waals surface area contributed by atoms with Crippen LogP contribution in [0.5, 0.6) is 0 Å². The van der Waals surface area contributed by atoms with Gasteiger partial charge in [0.1, 0.15) is 0 Å². The van der Waals surface area contributed by atoms with E-state index >= 15 is 0 Å². The average molecular weight is 590 g/mol. The number of hydrogen-bond acceptors (Lipinski definition) is 6. The van der Waals surface area contributed by atoms with Crippen LogP contribution < -0.4 is 0 Å². The van der Waals surface area contributed by atoms with E-state index in [0.29, 0.717) is 19.8 Å². The molecule has 42 heavy (non-hydrogen) atoms. The van der Waals surface area contributed by atoms with E-state index in [1.807, 2.05) is 6.92 Å². The monoisotopic (exact) mass is 589 g/mol. The number of ether oxygens (including phenoxy) is 5. The summed E-state index contributed by atoms with van der Waals surface area (Å²) in [6, 6.07) is 2.60. The topological polar surface area (TPSA) is 69.9 Å². The van der Waals surface area contributed by atoms with Crippen LogP contribution in [-0.4, -0.2) is 64.6 Å². The quantitative estimate of drug-likeness (QED) is 0.0675. The molecule has 0 N–H and O–H groups in total. The van der Waals surface area contributed by atoms with Crippen molar-refractivity contribution in [3.8, 4) is 6.07 Å². The zero-order valence-electron chi connectivity index (χ0n) is 27.5. The van der Waals surface area contributed by atoms with Gasteiger partial charge < -0.3 is 23.7 Å². The van der Waals surface area contributed by atoms with E-state index in [2.05, 4.69) is 32.6 Å². The number of methoxy groups -OCH3 is 1. The van der Waals surface area contributed by atoms with Gasteiger partial charge in [0.15, 0.2) is 0 Å². The van der Waals surface area contributed by atoms with E-state index in [1.54, 1.807) is 13.2 Å². The number of rotatable bonds is 23. The molecule has 2 fully saturated rings. The van der Waals surface area contributed by atoms with Crippen LogP contribution >= 0.6 is 0 Å². The molecule has 0 saturated heterocycles. The van der Waals surface area contributed by atoms with Crippen molar-refractivity contribution in [2.45, 2.75) is 141 Å². The SMILES string of the molecule is C=CCOC1C(/C=C(/C#N)C2CCC(OCCCCCCC)C(OCCCCCCC)C2)CCC(OCC)C1COC. The van der Waals surface area contributed by atoms with Gasteiger partial charge in [-0.25, -0.2) is 0 Å². The van der Waals surface area contributed by atoms with E-state index in [4.69, 9.17) is 23.7 Å². The van der Waals surface area contributed by atoms with E-state index in [0.717, 1.165) is 63.7 Å². The van der Waals surface area contributed by atoms with Crippen molar-refractivity contribution in [1.29, 1.82) is 5.26 Å². The van der Waals surface area contributed by atoms with Crippen molar-refractivity contribution in [2.24, 2.45) is 17.8 Å². The first-order valence-corrected chi connectivity index (χ1v) is 17.3. The van der Waals surface area contributed by atoms with Crippen molar-refractivity contribution < 1.29 is 23.7 Å². The Balaban J connectivity index is 2.11. The second kappa shape index (κ2) is 23.2. The van der Waals surface area contributed by atoms with Crippen molar-refractivity contribution >= 4 is 0 Å². The van der Waals surface area contributed by atoms with Gasteiger partial charge in [0.2, 0.25) is 0 Å². The summed E-state index contributed by atoms with van der Waals surface area (Å²) in [4.78, 5) is 0. The summed E-state index contributed by atoms with van der Waals surface area (Å²) in [6.07, 6.45) is 21.2. The summed E-state index contributed by atoms with van der Waals surface area (Å²) in [7, 11) is 1.74. The Hall–Kier alpha value is -1.23. The molecule has 0 heterocycles. The van der Waals surface area contributed by atoms with Gasteiger partial charge in [-0.2, -0.15) is 5.26 Å². The normalized spacial score (nSPS) is 28.5. The molecule has 6 heteroatoms. The third kappa shape index (κ3) is 13.2. The first-order valence-electron chi connectivity index (χ1n) is 17.3. The van der Waals surface area contributed by atoms with Crippen molar-refractivity contribution in [2.75, 3.05) is 40.1 Å². The number of unbranched alkanes of at least 4 members (excludes halogenated alkanes) is 8. The molecule has 0 aliphatic heterocycles. The molecule has 6 nitrogen and oxygen atoms in total. The Labute approximate surface area is 258 Å². The zero-order chi connectivity index (χ0) is 30.4. The lowest BCUT2D eigenvalue weighted by Gasteiger charge is -2.42. The van der Waals surface area contributed by atoms with Gasteiger partial charge in [-0.15, -0.1) is 6.58 Å². The Morgan fingerprint density at radius 3 is 2.02 bits per heavy atom. The summed E-state index contributed by atoms with van der Waals surface area (Å²) in [6.45, 7) is 13.7. The minimum absolute atomic E-state index is 0.0464. The molecule has 0 aromatic rings. The molecule has 7 atom stereocenters. The lowest BCUT2D eigenvalue weighted by molar-refractivity contribution is -0.119. The standard InChI is InChI=1S/C36H63NO5/c1-6-10-12-14-16-23-40-34-21-18-29(26-35(34)41-24-17-15-13-11-7-2)31(27-37)25-30-19-20-33(39-9-4)32(28-38-5)36(30)42-22-8-3/h8,25,29-30,32-36H,3,6-7,9-24,26,28H2,1-2,4-5H3/b31-25-. The van der Waals surface area contributed by atoms with Crippen LogP contribution in [-0.2, 0) is 23.7 Å². The summed E-state index contributed by atoms with van der Waals surface area (Å²) < 4.78 is 31.0. The molecule has 2 rings (SSSR count). The summed E-state index contributed by atoms with van der Waals surface area (Å²) >= 11 is 0. The van der Waals surface area contributed by atoms with Crippen LogP contribution in [0.3, 0.4) is 0 Å². The molecule has 0 aromatic heterocycles. The Kier molecular flexibility index (Phi) is 20.4. The van der Waals surface area contributed by atoms with Crippen LogP contribution in [0, 0.1) is 29.1 Å². The Bertz CT molecular complexity index is 764. The Morgan fingerprint density at radius 2 is 1.43 bits per heavy atom. The average Bonchev–Trinajstić information content (AvgIpc) is 3.00. The predicted molar refractivity (Wildman–Crippen MR) is 171 cm³/mol. The van der Waals surface area contributed by atoms with Gasteiger partial charge >= 0.3 is 0 Å². The number of nitriles is 1. The van der Waals surface area contributed by atoms with Gasteiger partial charge in [0.25, 0.3) is 0 Å². The smallest absolute Gasteiger partial charge is 0.0946 e. The second-order valence-electron chi connectivity index (χ2n) is 12.3. The fourth-order valence-corrected chi connectivity index (χ4v) is 6.81. The molecule has 0 radical (unpaired) electrons. The molecule has 0 spiro atoms. The minimum atomic E-state index is -0.0702. The van der Waals surface area contributed by atoms with Crippen LogP contribution in [0.1, 0.15) is 117 Å². The van der Waals surface area contributed by atoms with Crippen LogP contribution in [0.2, 0.25) is 0 Å². The van der Waals surface area contributed by atoms with Gasteiger partial charge in [-0.3, -0.25) is 0 Å². The summed E-state index contributed by atoms with van der Waals surface area (Å²) in [5.41, 5.74) is 0.882. The molecular formula is C36H63NO5. The van der Waals surface area contributed by atoms with E-state index in [-0.39, 0.29) is 42.2 Å². The highest BCUT2D eigenvalue weighted by atomic mass is 16.5. The number of hydrogen-bond donors (Lipinski definition) is 0. The first-order chi connectivity index (χ1) is 20.6. The second-order valence-corrected chi connectivity index (χ2v) is 12.3. The van der Waals surface area contributed by atoms with Crippen LogP contribution in [0.4, 0.5) is 0 Å². The maximum atomic E-state index is 10.4. The van der Waals surface area contributed by atoms with Crippen LogP contribution in [0.25, 0.3) is 0 Å². The molecule has 7 unspecified atom stereocenters. The molecule has 2 aliphatic carbocycles. The Morgan fingerprint density at radius 1 is 0.786 bits per heavy atom. The molecular weight excluding hydrogens is 526 g/mol. The van der Waals surface area contributed by atoms with E-state index in [9.17, 15) is 5.26 Å². The highest BCUT2D eigenvalue weighted by Crippen LogP contribution is 2.39. The fraction of sp³-hybridized carbons (Fsp3) is 0.861. The zero-order valence-corrected chi connectivity index (χ0v) is 27.5. The van der Waals surface area contributed by atoms with E-state index < -0.39 is 0 Å². The minimum Gasteiger partial charge on any atom is -0.384 e. The highest BCUT2D eigenvalue weighted by molar-refractivity contribution is 5.26.